The molecule has 4 aromatic rings. The van der Waals surface area contributed by atoms with E-state index in [1.54, 1.807) is 0 Å². The molecule has 5 rings (SSSR count). The Hall–Kier alpha value is -2.78. The highest BCUT2D eigenvalue weighted by Gasteiger charge is 2.37. The van der Waals surface area contributed by atoms with Crippen LogP contribution in [0.15, 0.2) is 42.7 Å². The molecule has 1 N–H and O–H groups in total. The lowest BCUT2D eigenvalue weighted by Crippen LogP contribution is -2.42. The summed E-state index contributed by atoms with van der Waals surface area (Å²) in [6, 6.07) is 10.3. The Labute approximate surface area is 246 Å². The van der Waals surface area contributed by atoms with Crippen molar-refractivity contribution in [1.82, 2.24) is 24.8 Å². The van der Waals surface area contributed by atoms with E-state index in [2.05, 4.69) is 83.1 Å². The number of fused-ring (bicyclic) bond motifs is 1. The number of carbonyl (C=O) groups excluding carboxylic acids is 1. The summed E-state index contributed by atoms with van der Waals surface area (Å²) < 4.78 is 8.33. The molecule has 0 saturated heterocycles. The summed E-state index contributed by atoms with van der Waals surface area (Å²) in [7, 11) is -1.90. The number of aryl methyl sites for hydroxylation is 1. The molecule has 0 unspecified atom stereocenters. The topological polar surface area (TPSA) is 81.9 Å². The van der Waals surface area contributed by atoms with Gasteiger partial charge in [-0.25, -0.2) is 9.97 Å². The van der Waals surface area contributed by atoms with Crippen molar-refractivity contribution in [3.8, 4) is 17.1 Å². The number of aromatic nitrogens is 4. The van der Waals surface area contributed by atoms with Gasteiger partial charge in [-0.15, -0.1) is 0 Å². The average Bonchev–Trinajstić information content (AvgIpc) is 3.64. The third-order valence-corrected chi connectivity index (χ3v) is 13.1. The van der Waals surface area contributed by atoms with Crippen LogP contribution in [0.5, 0.6) is 0 Å². The van der Waals surface area contributed by atoms with E-state index >= 15 is 0 Å². The molecule has 1 aromatic carbocycles. The van der Waals surface area contributed by atoms with Crippen LogP contribution in [0.4, 0.5) is 0 Å². The number of carbonyl (C=O) groups is 1. The second kappa shape index (κ2) is 10.9. The molecule has 1 saturated carbocycles. The highest BCUT2D eigenvalue weighted by atomic mass is 35.5. The van der Waals surface area contributed by atoms with Gasteiger partial charge in [-0.3, -0.25) is 9.78 Å². The van der Waals surface area contributed by atoms with E-state index in [1.807, 2.05) is 25.3 Å². The van der Waals surface area contributed by atoms with Crippen LogP contribution in [0.1, 0.15) is 61.1 Å². The molecule has 10 heteroatoms. The minimum Gasteiger partial charge on any atom is -0.415 e. The predicted octanol–water partition coefficient (Wildman–Crippen LogP) is 7.73. The van der Waals surface area contributed by atoms with Crippen LogP contribution in [-0.4, -0.2) is 46.9 Å². The summed E-state index contributed by atoms with van der Waals surface area (Å²) in [6.45, 7) is 13.6. The molecule has 0 radical (unpaired) electrons. The van der Waals surface area contributed by atoms with Crippen molar-refractivity contribution in [2.75, 3.05) is 13.2 Å². The fourth-order valence-electron chi connectivity index (χ4n) is 4.47. The summed E-state index contributed by atoms with van der Waals surface area (Å²) >= 11 is 13.0. The summed E-state index contributed by atoms with van der Waals surface area (Å²) in [6.07, 6.45) is 6.23. The molecule has 3 aromatic heterocycles. The van der Waals surface area contributed by atoms with Gasteiger partial charge in [0.2, 0.25) is 0 Å². The molecule has 1 fully saturated rings. The Kier molecular flexibility index (Phi) is 7.82. The molecular weight excluding hydrogens is 561 g/mol. The number of hydrogen-bond acceptors (Lipinski definition) is 5. The lowest BCUT2D eigenvalue weighted by atomic mass is 10.0. The Balaban J connectivity index is 1.39. The molecule has 3 heterocycles. The zero-order valence-electron chi connectivity index (χ0n) is 23.8. The first kappa shape index (κ1) is 28.7. The quantitative estimate of drug-likeness (QED) is 0.128. The van der Waals surface area contributed by atoms with Crippen LogP contribution in [0, 0.1) is 6.92 Å². The first-order valence-corrected chi connectivity index (χ1v) is 17.3. The van der Waals surface area contributed by atoms with Crippen molar-refractivity contribution in [3.63, 3.8) is 0 Å². The second-order valence-electron chi connectivity index (χ2n) is 12.0. The van der Waals surface area contributed by atoms with Crippen LogP contribution < -0.4 is 5.32 Å². The van der Waals surface area contributed by atoms with E-state index in [9.17, 15) is 4.79 Å². The van der Waals surface area contributed by atoms with Gasteiger partial charge in [0.05, 0.1) is 24.0 Å². The molecule has 210 valence electrons. The van der Waals surface area contributed by atoms with Crippen LogP contribution in [0.2, 0.25) is 28.4 Å². The van der Waals surface area contributed by atoms with Gasteiger partial charge in [0, 0.05) is 29.4 Å². The molecule has 40 heavy (non-hydrogen) atoms. The van der Waals surface area contributed by atoms with Crippen molar-refractivity contribution in [1.29, 1.82) is 0 Å². The number of amides is 1. The van der Waals surface area contributed by atoms with Crippen LogP contribution in [-0.2, 0) is 4.43 Å². The van der Waals surface area contributed by atoms with E-state index in [0.29, 0.717) is 24.9 Å². The molecule has 7 nitrogen and oxygen atoms in total. The molecule has 0 atom stereocenters. The van der Waals surface area contributed by atoms with E-state index in [0.717, 1.165) is 40.7 Å². The molecule has 1 aliphatic rings. The van der Waals surface area contributed by atoms with Crippen molar-refractivity contribution >= 4 is 48.3 Å². The number of nitrogens with one attached hydrogen (secondary N) is 1. The summed E-state index contributed by atoms with van der Waals surface area (Å²) in [5.74, 6) is 0.443. The number of nitrogens with zero attached hydrogens (tertiary/aromatic N) is 4. The largest absolute Gasteiger partial charge is 0.415 e. The monoisotopic (exact) mass is 595 g/mol. The van der Waals surface area contributed by atoms with Gasteiger partial charge in [0.25, 0.3) is 5.91 Å². The van der Waals surface area contributed by atoms with Crippen molar-refractivity contribution in [3.05, 3.63) is 69.9 Å². The Bertz CT molecular complexity index is 1550. The Morgan fingerprint density at radius 2 is 1.82 bits per heavy atom. The number of hydrogen-bond donors (Lipinski definition) is 1. The van der Waals surface area contributed by atoms with E-state index < -0.39 is 14.2 Å². The second-order valence-corrected chi connectivity index (χ2v) is 17.5. The summed E-state index contributed by atoms with van der Waals surface area (Å²) in [5, 5.41) is 4.05. The van der Waals surface area contributed by atoms with E-state index in [4.69, 9.17) is 27.6 Å². The van der Waals surface area contributed by atoms with Gasteiger partial charge in [-0.2, -0.15) is 0 Å². The lowest BCUT2D eigenvalue weighted by molar-refractivity contribution is 0.0945. The van der Waals surface area contributed by atoms with Gasteiger partial charge < -0.3 is 14.3 Å². The Morgan fingerprint density at radius 3 is 2.42 bits per heavy atom. The fraction of sp³-hybridized carbons (Fsp3) is 0.400. The molecular formula is C30H35Cl2N5O2Si. The lowest BCUT2D eigenvalue weighted by Gasteiger charge is -2.36. The zero-order valence-corrected chi connectivity index (χ0v) is 26.3. The first-order chi connectivity index (χ1) is 18.9. The Morgan fingerprint density at radius 1 is 1.12 bits per heavy atom. The molecule has 0 bridgehead atoms. The smallest absolute Gasteiger partial charge is 0.257 e. The van der Waals surface area contributed by atoms with Crippen molar-refractivity contribution in [2.24, 2.45) is 0 Å². The van der Waals surface area contributed by atoms with Crippen LogP contribution in [0.3, 0.4) is 0 Å². The molecule has 1 amide bonds. The van der Waals surface area contributed by atoms with E-state index in [1.165, 1.54) is 5.56 Å². The molecule has 0 aliphatic heterocycles. The van der Waals surface area contributed by atoms with Crippen LogP contribution >= 0.6 is 23.2 Å². The standard InChI is InChI=1S/C30H35Cl2N5O2Si/c1-18-7-10-22(17-34-18)37-13-11-20-15-21(16-23(25(20)37)19-8-9-19)28-35-26(31)24(27(32)36-28)29(38)33-12-14-39-40(5,6)30(2,3)4/h7,10-11,13,15-17,19H,8-9,12,14H2,1-6H3,(H,33,38). The highest BCUT2D eigenvalue weighted by molar-refractivity contribution is 6.74. The van der Waals surface area contributed by atoms with Gasteiger partial charge in [0.1, 0.15) is 15.9 Å². The number of benzene rings is 1. The summed E-state index contributed by atoms with van der Waals surface area (Å²) in [5.41, 5.74) is 5.27. The fourth-order valence-corrected chi connectivity index (χ4v) is 6.07. The maximum absolute atomic E-state index is 12.9. The SMILES string of the molecule is Cc1ccc(-n2ccc3cc(-c4nc(Cl)c(C(=O)NCCO[Si](C)(C)C(C)(C)C)c(Cl)n4)cc(C4CC4)c32)cn1. The van der Waals surface area contributed by atoms with Gasteiger partial charge >= 0.3 is 0 Å². The van der Waals surface area contributed by atoms with Crippen molar-refractivity contribution in [2.45, 2.75) is 64.6 Å². The normalized spacial score (nSPS) is 14.1. The number of pyridine rings is 1. The third kappa shape index (κ3) is 5.81. The highest BCUT2D eigenvalue weighted by Crippen LogP contribution is 2.45. The molecule has 0 spiro atoms. The van der Waals surface area contributed by atoms with Crippen LogP contribution in [0.25, 0.3) is 28.0 Å². The number of rotatable bonds is 8. The predicted molar refractivity (Wildman–Crippen MR) is 164 cm³/mol. The minimum atomic E-state index is -1.90. The van der Waals surface area contributed by atoms with Gasteiger partial charge in [0.15, 0.2) is 14.1 Å². The first-order valence-electron chi connectivity index (χ1n) is 13.6. The van der Waals surface area contributed by atoms with E-state index in [-0.39, 0.29) is 20.9 Å². The molecule has 1 aliphatic carbocycles. The van der Waals surface area contributed by atoms with Gasteiger partial charge in [-0.05, 0) is 79.7 Å². The van der Waals surface area contributed by atoms with Gasteiger partial charge in [-0.1, -0.05) is 44.0 Å². The summed E-state index contributed by atoms with van der Waals surface area (Å²) in [4.78, 5) is 26.4. The maximum Gasteiger partial charge on any atom is 0.257 e. The average molecular weight is 597 g/mol. The maximum atomic E-state index is 12.9. The zero-order chi connectivity index (χ0) is 28.8. The van der Waals surface area contributed by atoms with Crippen molar-refractivity contribution < 1.29 is 9.22 Å². The number of halogens is 2. The minimum absolute atomic E-state index is 0.0224. The third-order valence-electron chi connectivity index (χ3n) is 7.97.